The van der Waals surface area contributed by atoms with E-state index < -0.39 is 0 Å². The van der Waals surface area contributed by atoms with Crippen LogP contribution in [0.4, 0.5) is 10.5 Å². The number of rotatable bonds is 7. The van der Waals surface area contributed by atoms with Crippen LogP contribution in [0.15, 0.2) is 54.6 Å². The summed E-state index contributed by atoms with van der Waals surface area (Å²) in [6.45, 7) is 4.61. The van der Waals surface area contributed by atoms with Crippen molar-refractivity contribution < 1.29 is 9.90 Å². The van der Waals surface area contributed by atoms with Gasteiger partial charge < -0.3 is 15.3 Å². The average Bonchev–Trinajstić information content (AvgIpc) is 2.61. The summed E-state index contributed by atoms with van der Waals surface area (Å²) >= 11 is 0. The van der Waals surface area contributed by atoms with Crippen molar-refractivity contribution in [3.05, 3.63) is 65.7 Å². The predicted molar refractivity (Wildman–Crippen MR) is 98.0 cm³/mol. The standard InChI is InChI=1S/C20H26N2O2/c1-3-18-11-7-8-12-19(18)21-20(24)22(16(2)13-14-23)15-17-9-5-4-6-10-17/h4-12,16,23H,3,13-15H2,1-2H3,(H,21,24). The number of aryl methyl sites for hydroxylation is 1. The molecule has 0 spiro atoms. The second-order valence-electron chi connectivity index (χ2n) is 5.92. The third kappa shape index (κ3) is 4.83. The van der Waals surface area contributed by atoms with E-state index in [0.29, 0.717) is 13.0 Å². The molecule has 2 N–H and O–H groups in total. The van der Waals surface area contributed by atoms with Gasteiger partial charge in [-0.3, -0.25) is 0 Å². The minimum atomic E-state index is -0.138. The molecule has 0 bridgehead atoms. The Kier molecular flexibility index (Phi) is 6.82. The predicted octanol–water partition coefficient (Wildman–Crippen LogP) is 4.05. The van der Waals surface area contributed by atoms with Crippen LogP contribution in [-0.2, 0) is 13.0 Å². The molecule has 4 nitrogen and oxygen atoms in total. The van der Waals surface area contributed by atoms with Gasteiger partial charge in [0.1, 0.15) is 0 Å². The largest absolute Gasteiger partial charge is 0.396 e. The van der Waals surface area contributed by atoms with Crippen LogP contribution in [0.2, 0.25) is 0 Å². The van der Waals surface area contributed by atoms with Gasteiger partial charge in [-0.2, -0.15) is 0 Å². The van der Waals surface area contributed by atoms with E-state index in [-0.39, 0.29) is 18.7 Å². The van der Waals surface area contributed by atoms with Crippen LogP contribution in [0.1, 0.15) is 31.4 Å². The number of aliphatic hydroxyl groups excluding tert-OH is 1. The maximum Gasteiger partial charge on any atom is 0.322 e. The van der Waals surface area contributed by atoms with Crippen molar-refractivity contribution >= 4 is 11.7 Å². The summed E-state index contributed by atoms with van der Waals surface area (Å²) in [6, 6.07) is 17.6. The molecule has 0 heterocycles. The van der Waals surface area contributed by atoms with Crippen molar-refractivity contribution in [2.45, 2.75) is 39.3 Å². The number of carbonyl (C=O) groups excluding carboxylic acids is 1. The minimum absolute atomic E-state index is 0.0519. The monoisotopic (exact) mass is 326 g/mol. The van der Waals surface area contributed by atoms with E-state index in [4.69, 9.17) is 0 Å². The molecule has 2 amide bonds. The fraction of sp³-hybridized carbons (Fsp3) is 0.350. The number of aliphatic hydroxyl groups is 1. The first-order valence-electron chi connectivity index (χ1n) is 8.46. The first-order chi connectivity index (χ1) is 11.7. The number of amides is 2. The lowest BCUT2D eigenvalue weighted by Crippen LogP contribution is -2.41. The van der Waals surface area contributed by atoms with Crippen LogP contribution in [-0.4, -0.2) is 28.7 Å². The molecule has 24 heavy (non-hydrogen) atoms. The molecule has 2 aromatic rings. The summed E-state index contributed by atoms with van der Waals surface area (Å²) in [5.41, 5.74) is 3.03. The summed E-state index contributed by atoms with van der Waals surface area (Å²) in [7, 11) is 0. The van der Waals surface area contributed by atoms with Gasteiger partial charge in [0.05, 0.1) is 0 Å². The molecule has 0 saturated carbocycles. The van der Waals surface area contributed by atoms with Crippen LogP contribution >= 0.6 is 0 Å². The number of nitrogens with zero attached hydrogens (tertiary/aromatic N) is 1. The topological polar surface area (TPSA) is 52.6 Å². The second kappa shape index (κ2) is 9.08. The number of anilines is 1. The quantitative estimate of drug-likeness (QED) is 0.806. The SMILES string of the molecule is CCc1ccccc1NC(=O)N(Cc1ccccc1)C(C)CCO. The Hall–Kier alpha value is -2.33. The number of hydrogen-bond acceptors (Lipinski definition) is 2. The van der Waals surface area contributed by atoms with Crippen LogP contribution in [0.3, 0.4) is 0 Å². The maximum absolute atomic E-state index is 12.8. The number of hydrogen-bond donors (Lipinski definition) is 2. The molecule has 0 aliphatic carbocycles. The average molecular weight is 326 g/mol. The third-order valence-corrected chi connectivity index (χ3v) is 4.18. The van der Waals surface area contributed by atoms with Crippen molar-refractivity contribution in [3.8, 4) is 0 Å². The first kappa shape index (κ1) is 18.0. The molecule has 1 unspecified atom stereocenters. The van der Waals surface area contributed by atoms with E-state index >= 15 is 0 Å². The highest BCUT2D eigenvalue weighted by molar-refractivity contribution is 5.90. The van der Waals surface area contributed by atoms with Crippen molar-refractivity contribution in [3.63, 3.8) is 0 Å². The normalized spacial score (nSPS) is 11.8. The maximum atomic E-state index is 12.8. The molecule has 4 heteroatoms. The molecular weight excluding hydrogens is 300 g/mol. The zero-order chi connectivity index (χ0) is 17.4. The Morgan fingerprint density at radius 1 is 1.12 bits per heavy atom. The van der Waals surface area contributed by atoms with E-state index in [0.717, 1.165) is 23.2 Å². The Morgan fingerprint density at radius 2 is 1.79 bits per heavy atom. The molecule has 128 valence electrons. The van der Waals surface area contributed by atoms with Gasteiger partial charge >= 0.3 is 6.03 Å². The first-order valence-corrected chi connectivity index (χ1v) is 8.46. The van der Waals surface area contributed by atoms with Gasteiger partial charge in [0.25, 0.3) is 0 Å². The van der Waals surface area contributed by atoms with Crippen molar-refractivity contribution in [1.29, 1.82) is 0 Å². The van der Waals surface area contributed by atoms with Crippen LogP contribution in [0.25, 0.3) is 0 Å². The molecule has 0 radical (unpaired) electrons. The van der Waals surface area contributed by atoms with Crippen LogP contribution in [0, 0.1) is 0 Å². The van der Waals surface area contributed by atoms with E-state index in [1.807, 2.05) is 61.5 Å². The number of para-hydroxylation sites is 1. The van der Waals surface area contributed by atoms with Crippen molar-refractivity contribution in [2.24, 2.45) is 0 Å². The fourth-order valence-corrected chi connectivity index (χ4v) is 2.69. The summed E-state index contributed by atoms with van der Waals surface area (Å²) in [5.74, 6) is 0. The highest BCUT2D eigenvalue weighted by Crippen LogP contribution is 2.18. The summed E-state index contributed by atoms with van der Waals surface area (Å²) in [6.07, 6.45) is 1.41. The summed E-state index contributed by atoms with van der Waals surface area (Å²) in [5, 5.41) is 12.3. The molecule has 2 rings (SSSR count). The van der Waals surface area contributed by atoms with Crippen molar-refractivity contribution in [1.82, 2.24) is 4.90 Å². The number of benzene rings is 2. The van der Waals surface area contributed by atoms with E-state index in [9.17, 15) is 9.90 Å². The zero-order valence-corrected chi connectivity index (χ0v) is 14.4. The van der Waals surface area contributed by atoms with Gasteiger partial charge in [-0.05, 0) is 37.0 Å². The molecule has 2 aromatic carbocycles. The van der Waals surface area contributed by atoms with Crippen molar-refractivity contribution in [2.75, 3.05) is 11.9 Å². The number of nitrogens with one attached hydrogen (secondary N) is 1. The molecule has 1 atom stereocenters. The number of carbonyl (C=O) groups is 1. The Balaban J connectivity index is 2.17. The molecule has 0 aliphatic rings. The van der Waals surface area contributed by atoms with Gasteiger partial charge in [-0.1, -0.05) is 55.5 Å². The van der Waals surface area contributed by atoms with Crippen LogP contribution < -0.4 is 5.32 Å². The molecular formula is C20H26N2O2. The van der Waals surface area contributed by atoms with Gasteiger partial charge in [0, 0.05) is 24.9 Å². The highest BCUT2D eigenvalue weighted by Gasteiger charge is 2.20. The molecule has 0 aromatic heterocycles. The van der Waals surface area contributed by atoms with Gasteiger partial charge in [-0.25, -0.2) is 4.79 Å². The summed E-state index contributed by atoms with van der Waals surface area (Å²) < 4.78 is 0. The Bertz CT molecular complexity index is 643. The lowest BCUT2D eigenvalue weighted by atomic mass is 10.1. The summed E-state index contributed by atoms with van der Waals surface area (Å²) in [4.78, 5) is 14.6. The van der Waals surface area contributed by atoms with E-state index in [2.05, 4.69) is 12.2 Å². The number of urea groups is 1. The van der Waals surface area contributed by atoms with Crippen LogP contribution in [0.5, 0.6) is 0 Å². The fourth-order valence-electron chi connectivity index (χ4n) is 2.69. The molecule has 0 aliphatic heterocycles. The highest BCUT2D eigenvalue weighted by atomic mass is 16.3. The minimum Gasteiger partial charge on any atom is -0.396 e. The van der Waals surface area contributed by atoms with Gasteiger partial charge in [-0.15, -0.1) is 0 Å². The third-order valence-electron chi connectivity index (χ3n) is 4.18. The van der Waals surface area contributed by atoms with E-state index in [1.165, 1.54) is 0 Å². The molecule has 0 saturated heterocycles. The van der Waals surface area contributed by atoms with Gasteiger partial charge in [0.15, 0.2) is 0 Å². The lowest BCUT2D eigenvalue weighted by Gasteiger charge is -2.29. The van der Waals surface area contributed by atoms with Gasteiger partial charge in [0.2, 0.25) is 0 Å². The Morgan fingerprint density at radius 3 is 2.46 bits per heavy atom. The second-order valence-corrected chi connectivity index (χ2v) is 5.92. The lowest BCUT2D eigenvalue weighted by molar-refractivity contribution is 0.169. The van der Waals surface area contributed by atoms with E-state index in [1.54, 1.807) is 4.90 Å². The smallest absolute Gasteiger partial charge is 0.322 e. The zero-order valence-electron chi connectivity index (χ0n) is 14.4. The Labute approximate surface area is 144 Å². The molecule has 0 fully saturated rings.